The number of nitrogens with zero attached hydrogens (tertiary/aromatic N) is 1. The second-order valence-corrected chi connectivity index (χ2v) is 7.74. The number of H-pyrrole nitrogens is 1. The van der Waals surface area contributed by atoms with E-state index < -0.39 is 51.7 Å². The van der Waals surface area contributed by atoms with E-state index in [-0.39, 0.29) is 5.69 Å². The lowest BCUT2D eigenvalue weighted by atomic mass is 10.1. The minimum atomic E-state index is -4.76. The second kappa shape index (κ2) is 8.06. The van der Waals surface area contributed by atoms with Gasteiger partial charge in [-0.25, -0.2) is 18.0 Å². The van der Waals surface area contributed by atoms with E-state index in [0.717, 1.165) is 6.07 Å². The molecule has 0 aliphatic rings. The molecule has 13 heteroatoms. The van der Waals surface area contributed by atoms with Gasteiger partial charge in [-0.05, 0) is 34.1 Å². The number of hydrogen-bond acceptors (Lipinski definition) is 3. The van der Waals surface area contributed by atoms with Gasteiger partial charge in [0.25, 0.3) is 5.91 Å². The van der Waals surface area contributed by atoms with Crippen LogP contribution in [0.25, 0.3) is 11.0 Å². The number of aromatic nitrogens is 2. The summed E-state index contributed by atoms with van der Waals surface area (Å²) in [5.74, 6) is -5.67. The van der Waals surface area contributed by atoms with Crippen LogP contribution in [0.15, 0.2) is 35.1 Å². The highest BCUT2D eigenvalue weighted by Gasteiger charge is 2.31. The molecule has 0 fully saturated rings. The quantitative estimate of drug-likeness (QED) is 0.454. The highest BCUT2D eigenvalue weighted by atomic mass is 79.9. The van der Waals surface area contributed by atoms with E-state index in [1.54, 1.807) is 10.9 Å². The first-order chi connectivity index (χ1) is 13.5. The van der Waals surface area contributed by atoms with Gasteiger partial charge in [-0.1, -0.05) is 0 Å². The Morgan fingerprint density at radius 3 is 2.69 bits per heavy atom. The lowest BCUT2D eigenvalue weighted by molar-refractivity contribution is -0.105. The van der Waals surface area contributed by atoms with E-state index >= 15 is 0 Å². The average molecular weight is 497 g/mol. The molecule has 0 bridgehead atoms. The van der Waals surface area contributed by atoms with E-state index in [1.165, 1.54) is 12.3 Å². The highest BCUT2D eigenvalue weighted by Crippen LogP contribution is 2.27. The van der Waals surface area contributed by atoms with E-state index in [1.807, 2.05) is 0 Å². The Labute approximate surface area is 170 Å². The van der Waals surface area contributed by atoms with Crippen LogP contribution in [-0.4, -0.2) is 32.0 Å². The van der Waals surface area contributed by atoms with E-state index in [4.69, 9.17) is 0 Å². The van der Waals surface area contributed by atoms with Crippen molar-refractivity contribution < 1.29 is 31.0 Å². The maximum absolute atomic E-state index is 14.5. The summed E-state index contributed by atoms with van der Waals surface area (Å²) >= 11 is 3.27. The van der Waals surface area contributed by atoms with Crippen LogP contribution >= 0.6 is 15.9 Å². The van der Waals surface area contributed by atoms with Gasteiger partial charge in [-0.3, -0.25) is 4.79 Å². The topological polar surface area (TPSA) is 86.9 Å². The fraction of sp³-hybridized carbons (Fsp3) is 0.125. The molecule has 2 aromatic heterocycles. The van der Waals surface area contributed by atoms with Crippen molar-refractivity contribution in [2.75, 3.05) is 15.8 Å². The van der Waals surface area contributed by atoms with Crippen LogP contribution in [-0.2, 0) is 11.0 Å². The zero-order valence-electron chi connectivity index (χ0n) is 14.0. The van der Waals surface area contributed by atoms with Crippen LogP contribution in [0.3, 0.4) is 0 Å². The van der Waals surface area contributed by atoms with Gasteiger partial charge in [0.05, 0.1) is 17.6 Å². The van der Waals surface area contributed by atoms with Gasteiger partial charge in [0.1, 0.15) is 33.8 Å². The van der Waals surface area contributed by atoms with Crippen LogP contribution in [0, 0.1) is 11.6 Å². The Hall–Kier alpha value is -2.54. The molecule has 6 nitrogen and oxygen atoms in total. The Bertz CT molecular complexity index is 1120. The minimum Gasteiger partial charge on any atom is -0.345 e. The molecule has 3 aromatic rings. The van der Waals surface area contributed by atoms with Crippen molar-refractivity contribution in [3.05, 3.63) is 52.3 Å². The average Bonchev–Trinajstić information content (AvgIpc) is 2.97. The minimum absolute atomic E-state index is 0.126. The maximum Gasteiger partial charge on any atom is 0.402 e. The third kappa shape index (κ3) is 4.90. The number of pyridine rings is 1. The first-order valence-corrected chi connectivity index (χ1v) is 9.80. The molecule has 2 heterocycles. The summed E-state index contributed by atoms with van der Waals surface area (Å²) in [5.41, 5.74) is -1.13. The SMILES string of the molecule is O=C(Nc1cnc2[nH]cc(Br)c2c1)c1c(F)ccc(NS(=O)CC(F)(F)F)c1F. The zero-order valence-corrected chi connectivity index (χ0v) is 16.4. The Morgan fingerprint density at radius 2 is 2.00 bits per heavy atom. The molecule has 1 unspecified atom stereocenters. The predicted molar refractivity (Wildman–Crippen MR) is 101 cm³/mol. The van der Waals surface area contributed by atoms with Crippen molar-refractivity contribution in [2.24, 2.45) is 0 Å². The third-order valence-corrected chi connectivity index (χ3v) is 5.27. The highest BCUT2D eigenvalue weighted by molar-refractivity contribution is 9.10. The predicted octanol–water partition coefficient (Wildman–Crippen LogP) is 4.49. The van der Waals surface area contributed by atoms with Gasteiger partial charge in [0.15, 0.2) is 5.82 Å². The van der Waals surface area contributed by atoms with Crippen molar-refractivity contribution in [3.8, 4) is 0 Å². The monoisotopic (exact) mass is 496 g/mol. The van der Waals surface area contributed by atoms with E-state index in [2.05, 4.69) is 31.2 Å². The number of aromatic amines is 1. The second-order valence-electron chi connectivity index (χ2n) is 5.70. The van der Waals surface area contributed by atoms with Crippen molar-refractivity contribution in [2.45, 2.75) is 6.18 Å². The van der Waals surface area contributed by atoms with Crippen molar-refractivity contribution in [1.82, 2.24) is 9.97 Å². The molecule has 1 amide bonds. The number of carbonyl (C=O) groups excluding carboxylic acids is 1. The third-order valence-electron chi connectivity index (χ3n) is 3.58. The number of anilines is 2. The summed E-state index contributed by atoms with van der Waals surface area (Å²) in [5, 5.41) is 2.87. The summed E-state index contributed by atoms with van der Waals surface area (Å²) in [6.07, 6.45) is -1.90. The number of nitrogens with one attached hydrogen (secondary N) is 3. The van der Waals surface area contributed by atoms with Crippen LogP contribution in [0.2, 0.25) is 0 Å². The number of hydrogen-bond donors (Lipinski definition) is 3. The molecular weight excluding hydrogens is 487 g/mol. The summed E-state index contributed by atoms with van der Waals surface area (Å²) in [7, 11) is -2.72. The molecule has 0 saturated carbocycles. The molecule has 0 aliphatic carbocycles. The van der Waals surface area contributed by atoms with E-state index in [0.29, 0.717) is 21.6 Å². The molecule has 154 valence electrons. The fourth-order valence-corrected chi connectivity index (χ4v) is 3.57. The number of carbonyl (C=O) groups is 1. The molecule has 1 aromatic carbocycles. The first-order valence-electron chi connectivity index (χ1n) is 7.69. The molecule has 0 spiro atoms. The van der Waals surface area contributed by atoms with Gasteiger partial charge in [-0.15, -0.1) is 0 Å². The van der Waals surface area contributed by atoms with Gasteiger partial charge in [-0.2, -0.15) is 13.2 Å². The molecule has 0 aliphatic heterocycles. The van der Waals surface area contributed by atoms with Gasteiger partial charge >= 0.3 is 6.18 Å². The molecule has 3 rings (SSSR count). The largest absolute Gasteiger partial charge is 0.402 e. The molecule has 0 saturated heterocycles. The number of alkyl halides is 3. The van der Waals surface area contributed by atoms with E-state index in [9.17, 15) is 31.0 Å². The molecule has 29 heavy (non-hydrogen) atoms. The number of amides is 1. The van der Waals surface area contributed by atoms with Gasteiger partial charge in [0.2, 0.25) is 0 Å². The van der Waals surface area contributed by atoms with Crippen LogP contribution in [0.1, 0.15) is 10.4 Å². The lowest BCUT2D eigenvalue weighted by Crippen LogP contribution is -2.24. The van der Waals surface area contributed by atoms with Crippen molar-refractivity contribution in [1.29, 1.82) is 0 Å². The van der Waals surface area contributed by atoms with Gasteiger partial charge in [0, 0.05) is 16.1 Å². The number of halogens is 6. The van der Waals surface area contributed by atoms with Crippen molar-refractivity contribution >= 4 is 55.2 Å². The smallest absolute Gasteiger partial charge is 0.345 e. The summed E-state index contributed by atoms with van der Waals surface area (Å²) in [4.78, 5) is 19.2. The number of benzene rings is 1. The summed E-state index contributed by atoms with van der Waals surface area (Å²) < 4.78 is 79.3. The maximum atomic E-state index is 14.5. The normalized spacial score (nSPS) is 12.8. The Kier molecular flexibility index (Phi) is 5.89. The first kappa shape index (κ1) is 21.2. The van der Waals surface area contributed by atoms with Crippen LogP contribution < -0.4 is 10.0 Å². The van der Waals surface area contributed by atoms with Crippen LogP contribution in [0.5, 0.6) is 0 Å². The Balaban J connectivity index is 1.85. The standard InChI is InChI=1S/C16H10BrF5N4O2S/c17-9-5-24-14-8(9)3-7(4-23-14)25-15(27)12-10(18)1-2-11(13(12)19)26-29(28)6-16(20,21)22/h1-5,26H,6H2,(H,23,24)(H,25,27). The Morgan fingerprint density at radius 1 is 1.28 bits per heavy atom. The molecule has 3 N–H and O–H groups in total. The molecule has 0 radical (unpaired) electrons. The van der Waals surface area contributed by atoms with Crippen molar-refractivity contribution in [3.63, 3.8) is 0 Å². The molecular formula is C16H10BrF5N4O2S. The number of rotatable bonds is 5. The van der Waals surface area contributed by atoms with Crippen LogP contribution in [0.4, 0.5) is 33.3 Å². The zero-order chi connectivity index (χ0) is 21.3. The number of fused-ring (bicyclic) bond motifs is 1. The lowest BCUT2D eigenvalue weighted by Gasteiger charge is -2.12. The summed E-state index contributed by atoms with van der Waals surface area (Å²) in [6.45, 7) is 0. The molecule has 1 atom stereocenters. The fourth-order valence-electron chi connectivity index (χ4n) is 2.38. The van der Waals surface area contributed by atoms with Gasteiger partial charge < -0.3 is 15.0 Å². The summed E-state index contributed by atoms with van der Waals surface area (Å²) in [6, 6.07) is 2.92.